The third-order valence-corrected chi connectivity index (χ3v) is 4.86. The number of amides is 1. The van der Waals surface area contributed by atoms with Crippen LogP contribution in [0, 0.1) is 6.92 Å². The largest absolute Gasteiger partial charge is 0.344 e. The van der Waals surface area contributed by atoms with Crippen molar-refractivity contribution in [3.8, 4) is 11.4 Å². The molecule has 1 amide bonds. The van der Waals surface area contributed by atoms with E-state index in [0.717, 1.165) is 16.7 Å². The number of rotatable bonds is 6. The maximum Gasteiger partial charge on any atom is 0.315 e. The summed E-state index contributed by atoms with van der Waals surface area (Å²) < 4.78 is 6.78. The molecule has 0 fully saturated rings. The first-order chi connectivity index (χ1) is 15.7. The highest BCUT2D eigenvalue weighted by atomic mass is 16.5. The summed E-state index contributed by atoms with van der Waals surface area (Å²) in [4.78, 5) is 29.5. The van der Waals surface area contributed by atoms with E-state index in [4.69, 9.17) is 4.52 Å². The molecule has 11 heteroatoms. The van der Waals surface area contributed by atoms with E-state index in [-0.39, 0.29) is 11.3 Å². The molecule has 4 rings (SSSR count). The highest BCUT2D eigenvalue weighted by Gasteiger charge is 2.23. The van der Waals surface area contributed by atoms with Crippen molar-refractivity contribution in [1.29, 1.82) is 0 Å². The lowest BCUT2D eigenvalue weighted by Crippen LogP contribution is -2.24. The van der Waals surface area contributed by atoms with E-state index in [0.29, 0.717) is 30.0 Å². The predicted molar refractivity (Wildman–Crippen MR) is 121 cm³/mol. The minimum atomic E-state index is -0.413. The highest BCUT2D eigenvalue weighted by Crippen LogP contribution is 2.21. The van der Waals surface area contributed by atoms with Crippen molar-refractivity contribution in [3.63, 3.8) is 0 Å². The first-order valence-electron chi connectivity index (χ1n) is 10.4. The number of nitrogens with zero attached hydrogens (tertiary/aromatic N) is 7. The van der Waals surface area contributed by atoms with Crippen LogP contribution in [0.25, 0.3) is 11.4 Å². The Morgan fingerprint density at radius 2 is 1.97 bits per heavy atom. The van der Waals surface area contributed by atoms with Gasteiger partial charge in [-0.2, -0.15) is 15.1 Å². The van der Waals surface area contributed by atoms with Crippen molar-refractivity contribution < 1.29 is 9.32 Å². The lowest BCUT2D eigenvalue weighted by atomic mass is 9.96. The zero-order valence-corrected chi connectivity index (χ0v) is 19.1. The zero-order chi connectivity index (χ0) is 23.6. The van der Waals surface area contributed by atoms with Crippen molar-refractivity contribution in [2.45, 2.75) is 39.7 Å². The second-order valence-corrected chi connectivity index (χ2v) is 8.63. The molecule has 0 unspecified atom stereocenters. The number of carbonyl (C=O) groups is 1. The highest BCUT2D eigenvalue weighted by molar-refractivity contribution is 5.89. The summed E-state index contributed by atoms with van der Waals surface area (Å²) >= 11 is 0. The molecule has 0 saturated carbocycles. The Hall–Kier alpha value is -4.15. The average molecular weight is 448 g/mol. The molecule has 11 nitrogen and oxygen atoms in total. The Kier molecular flexibility index (Phi) is 5.86. The van der Waals surface area contributed by atoms with E-state index >= 15 is 0 Å². The number of benzene rings is 1. The van der Waals surface area contributed by atoms with Gasteiger partial charge in [-0.3, -0.25) is 9.48 Å². The zero-order valence-electron chi connectivity index (χ0n) is 19.1. The van der Waals surface area contributed by atoms with Crippen molar-refractivity contribution in [1.82, 2.24) is 40.2 Å². The van der Waals surface area contributed by atoms with Crippen LogP contribution in [-0.4, -0.2) is 40.8 Å². The van der Waals surface area contributed by atoms with E-state index in [1.807, 2.05) is 65.2 Å². The van der Waals surface area contributed by atoms with Crippen molar-refractivity contribution in [2.75, 3.05) is 5.32 Å². The topological polar surface area (TPSA) is 137 Å². The summed E-state index contributed by atoms with van der Waals surface area (Å²) in [7, 11) is 1.84. The van der Waals surface area contributed by atoms with Crippen LogP contribution in [0.5, 0.6) is 0 Å². The maximum atomic E-state index is 12.4. The molecular formula is C22H25N9O2. The average Bonchev–Trinajstić information content (AvgIpc) is 3.42. The molecule has 170 valence electrons. The number of nitrogens with one attached hydrogen (secondary N) is 2. The molecule has 0 saturated heterocycles. The number of aryl methyl sites for hydroxylation is 2. The van der Waals surface area contributed by atoms with Crippen LogP contribution >= 0.6 is 0 Å². The minimum Gasteiger partial charge on any atom is -0.344 e. The number of anilines is 2. The van der Waals surface area contributed by atoms with E-state index in [9.17, 15) is 4.79 Å². The Balaban J connectivity index is 1.43. The van der Waals surface area contributed by atoms with Gasteiger partial charge < -0.3 is 15.2 Å². The Labute approximate surface area is 190 Å². The van der Waals surface area contributed by atoms with Gasteiger partial charge in [0, 0.05) is 36.8 Å². The third-order valence-electron chi connectivity index (χ3n) is 4.86. The molecule has 0 aliphatic rings. The molecule has 4 aromatic rings. The van der Waals surface area contributed by atoms with Gasteiger partial charge in [-0.05, 0) is 24.1 Å². The van der Waals surface area contributed by atoms with Crippen LogP contribution in [0.4, 0.5) is 11.8 Å². The van der Waals surface area contributed by atoms with E-state index in [2.05, 4.69) is 40.8 Å². The fourth-order valence-electron chi connectivity index (χ4n) is 3.00. The first kappa shape index (κ1) is 22.1. The molecule has 3 heterocycles. The van der Waals surface area contributed by atoms with E-state index in [1.165, 1.54) is 6.33 Å². The van der Waals surface area contributed by atoms with Gasteiger partial charge in [0.25, 0.3) is 0 Å². The summed E-state index contributed by atoms with van der Waals surface area (Å²) in [5.41, 5.74) is 2.47. The van der Waals surface area contributed by atoms with Crippen molar-refractivity contribution in [2.24, 2.45) is 7.05 Å². The third kappa shape index (κ3) is 5.20. The van der Waals surface area contributed by atoms with Crippen LogP contribution in [0.2, 0.25) is 0 Å². The normalized spacial score (nSPS) is 11.4. The van der Waals surface area contributed by atoms with Gasteiger partial charge in [-0.15, -0.1) is 0 Å². The van der Waals surface area contributed by atoms with Gasteiger partial charge >= 0.3 is 11.8 Å². The minimum absolute atomic E-state index is 0.0488. The summed E-state index contributed by atoms with van der Waals surface area (Å²) in [6.45, 7) is 8.14. The smallest absolute Gasteiger partial charge is 0.315 e. The number of carbonyl (C=O) groups excluding carboxylic acids is 1. The van der Waals surface area contributed by atoms with Gasteiger partial charge in [0.15, 0.2) is 17.5 Å². The fraction of sp³-hybridized carbons (Fsp3) is 0.318. The molecule has 2 N–H and O–H groups in total. The molecule has 0 bridgehead atoms. The Morgan fingerprint density at radius 1 is 1.15 bits per heavy atom. The van der Waals surface area contributed by atoms with Gasteiger partial charge in [0.2, 0.25) is 5.95 Å². The Bertz CT molecular complexity index is 1290. The number of hydrogen-bond acceptors (Lipinski definition) is 9. The molecule has 33 heavy (non-hydrogen) atoms. The SMILES string of the molecule is Cc1cc(-c2ncnc(Nc3ccn(C)n3)n2)ccc1CNC(=O)c1nc(C(C)(C)C)no1. The molecule has 1 aromatic carbocycles. The van der Waals surface area contributed by atoms with Gasteiger partial charge in [0.1, 0.15) is 6.33 Å². The predicted octanol–water partition coefficient (Wildman–Crippen LogP) is 2.93. The first-order valence-corrected chi connectivity index (χ1v) is 10.4. The molecule has 0 atom stereocenters. The monoisotopic (exact) mass is 447 g/mol. The molecular weight excluding hydrogens is 422 g/mol. The number of hydrogen-bond donors (Lipinski definition) is 2. The maximum absolute atomic E-state index is 12.4. The van der Waals surface area contributed by atoms with Crippen LogP contribution in [0.15, 0.2) is 41.3 Å². The van der Waals surface area contributed by atoms with E-state index in [1.54, 1.807) is 4.68 Å². The van der Waals surface area contributed by atoms with Gasteiger partial charge in [-0.25, -0.2) is 9.97 Å². The van der Waals surface area contributed by atoms with E-state index < -0.39 is 5.91 Å². The molecule has 0 spiro atoms. The standard InChI is InChI=1S/C22H25N9O2/c1-13-10-14(17-24-12-25-21(27-17)26-16-8-9-31(5)29-16)6-7-15(13)11-23-18(32)19-28-20(30-33-19)22(2,3)4/h6-10,12H,11H2,1-5H3,(H,23,32)(H,24,25,26,27,29). The van der Waals surface area contributed by atoms with Crippen LogP contribution in [0.1, 0.15) is 48.4 Å². The lowest BCUT2D eigenvalue weighted by Gasteiger charge is -2.11. The van der Waals surface area contributed by atoms with Crippen LogP contribution in [0.3, 0.4) is 0 Å². The molecule has 0 radical (unpaired) electrons. The summed E-state index contributed by atoms with van der Waals surface area (Å²) in [6, 6.07) is 7.62. The summed E-state index contributed by atoms with van der Waals surface area (Å²) in [5.74, 6) is 1.61. The lowest BCUT2D eigenvalue weighted by molar-refractivity contribution is 0.0907. The second-order valence-electron chi connectivity index (χ2n) is 8.63. The summed E-state index contributed by atoms with van der Waals surface area (Å²) in [5, 5.41) is 14.0. The molecule has 0 aliphatic heterocycles. The second kappa shape index (κ2) is 8.77. The van der Waals surface area contributed by atoms with Crippen molar-refractivity contribution in [3.05, 3.63) is 59.6 Å². The summed E-state index contributed by atoms with van der Waals surface area (Å²) in [6.07, 6.45) is 3.28. The van der Waals surface area contributed by atoms with Crippen LogP contribution < -0.4 is 10.6 Å². The fourth-order valence-corrected chi connectivity index (χ4v) is 3.00. The molecule has 3 aromatic heterocycles. The van der Waals surface area contributed by atoms with Crippen LogP contribution in [-0.2, 0) is 19.0 Å². The van der Waals surface area contributed by atoms with Crippen molar-refractivity contribution >= 4 is 17.7 Å². The van der Waals surface area contributed by atoms with Gasteiger partial charge in [-0.1, -0.05) is 38.1 Å². The van der Waals surface area contributed by atoms with Gasteiger partial charge in [0.05, 0.1) is 0 Å². The molecule has 0 aliphatic carbocycles. The Morgan fingerprint density at radius 3 is 2.64 bits per heavy atom. The number of aromatic nitrogens is 7. The quantitative estimate of drug-likeness (QED) is 0.457.